The zero-order valence-corrected chi connectivity index (χ0v) is 19.3. The number of carbonyl (C=O) groups is 1. The fourth-order valence-corrected chi connectivity index (χ4v) is 4.00. The highest BCUT2D eigenvalue weighted by molar-refractivity contribution is 8.15. The second-order valence-corrected chi connectivity index (χ2v) is 8.43. The summed E-state index contributed by atoms with van der Waals surface area (Å²) in [5, 5.41) is 14.0. The number of rotatable bonds is 5. The molecule has 0 radical (unpaired) electrons. The molecule has 0 aliphatic heterocycles. The first-order valence-electron chi connectivity index (χ1n) is 9.20. The number of nitrogens with one attached hydrogen (secondary N) is 1. The minimum absolute atomic E-state index is 0.0854. The Labute approximate surface area is 197 Å². The number of hydrogen-bond donors (Lipinski definition) is 2. The molecule has 0 fully saturated rings. The molecule has 0 aliphatic carbocycles. The minimum Gasteiger partial charge on any atom is -0.494 e. The summed E-state index contributed by atoms with van der Waals surface area (Å²) in [7, 11) is 2.63. The highest BCUT2D eigenvalue weighted by atomic mass is 35.5. The standard InChI is InChI=1S/C21H18Cl2N4O4S/c1-26-19(29)17(20(30)27(2)21(26)31)18(24-13-6-4-3-5-7-13)32-11-16(28)25-15-9-8-12(22)10-14(15)23/h3-10,29H,11H2,1-2H3,(H,25,28). The van der Waals surface area contributed by atoms with Crippen molar-refractivity contribution in [1.29, 1.82) is 0 Å². The Balaban J connectivity index is 1.95. The maximum absolute atomic E-state index is 12.8. The third-order valence-electron chi connectivity index (χ3n) is 4.38. The zero-order chi connectivity index (χ0) is 23.4. The van der Waals surface area contributed by atoms with Crippen LogP contribution in [0.3, 0.4) is 0 Å². The van der Waals surface area contributed by atoms with Crippen LogP contribution in [0.1, 0.15) is 5.56 Å². The van der Waals surface area contributed by atoms with E-state index in [0.29, 0.717) is 16.4 Å². The summed E-state index contributed by atoms with van der Waals surface area (Å²) >= 11 is 12.9. The molecule has 166 valence electrons. The Morgan fingerprint density at radius 3 is 2.44 bits per heavy atom. The number of benzene rings is 2. The van der Waals surface area contributed by atoms with Gasteiger partial charge in [0.2, 0.25) is 11.8 Å². The number of aliphatic imine (C=N–C) groups is 1. The molecule has 2 N–H and O–H groups in total. The van der Waals surface area contributed by atoms with Crippen LogP contribution in [0.15, 0.2) is 63.1 Å². The Morgan fingerprint density at radius 1 is 1.09 bits per heavy atom. The van der Waals surface area contributed by atoms with Crippen molar-refractivity contribution in [2.24, 2.45) is 19.1 Å². The van der Waals surface area contributed by atoms with E-state index >= 15 is 0 Å². The summed E-state index contributed by atoms with van der Waals surface area (Å²) in [6.45, 7) is 0. The van der Waals surface area contributed by atoms with Crippen LogP contribution < -0.4 is 16.6 Å². The average Bonchev–Trinajstić information content (AvgIpc) is 2.77. The van der Waals surface area contributed by atoms with Crippen molar-refractivity contribution >= 4 is 57.3 Å². The third kappa shape index (κ3) is 5.24. The first-order chi connectivity index (χ1) is 15.2. The molecule has 11 heteroatoms. The molecule has 8 nitrogen and oxygen atoms in total. The van der Waals surface area contributed by atoms with E-state index in [1.165, 1.54) is 20.2 Å². The van der Waals surface area contributed by atoms with E-state index in [2.05, 4.69) is 10.3 Å². The summed E-state index contributed by atoms with van der Waals surface area (Å²) in [6.07, 6.45) is 0. The van der Waals surface area contributed by atoms with Crippen LogP contribution in [0, 0.1) is 0 Å². The number of anilines is 1. The lowest BCUT2D eigenvalue weighted by molar-refractivity contribution is -0.113. The van der Waals surface area contributed by atoms with Crippen LogP contribution in [0.25, 0.3) is 0 Å². The number of nitrogens with zero attached hydrogens (tertiary/aromatic N) is 3. The molecule has 1 amide bonds. The molecule has 1 aromatic heterocycles. The summed E-state index contributed by atoms with van der Waals surface area (Å²) in [5.74, 6) is -1.10. The van der Waals surface area contributed by atoms with Crippen LogP contribution in [0.5, 0.6) is 5.88 Å². The maximum Gasteiger partial charge on any atom is 0.333 e. The molecule has 0 saturated carbocycles. The highest BCUT2D eigenvalue weighted by Crippen LogP contribution is 2.26. The van der Waals surface area contributed by atoms with Gasteiger partial charge in [0.25, 0.3) is 5.56 Å². The molecule has 3 rings (SSSR count). The zero-order valence-electron chi connectivity index (χ0n) is 17.0. The van der Waals surface area contributed by atoms with Crippen molar-refractivity contribution in [2.45, 2.75) is 0 Å². The van der Waals surface area contributed by atoms with Gasteiger partial charge in [0.1, 0.15) is 10.6 Å². The van der Waals surface area contributed by atoms with Gasteiger partial charge in [-0.1, -0.05) is 53.2 Å². The van der Waals surface area contributed by atoms with E-state index in [1.54, 1.807) is 42.5 Å². The van der Waals surface area contributed by atoms with Crippen molar-refractivity contribution in [3.05, 3.63) is 85.0 Å². The summed E-state index contributed by atoms with van der Waals surface area (Å²) < 4.78 is 1.80. The van der Waals surface area contributed by atoms with Gasteiger partial charge in [-0.25, -0.2) is 9.79 Å². The van der Waals surface area contributed by atoms with Gasteiger partial charge in [0, 0.05) is 19.1 Å². The van der Waals surface area contributed by atoms with Crippen LogP contribution in [0.4, 0.5) is 11.4 Å². The number of amides is 1. The number of para-hydroxylation sites is 1. The SMILES string of the molecule is Cn1c(O)c(C(=Nc2ccccc2)SCC(=O)Nc2ccc(Cl)cc2Cl)c(=O)n(C)c1=O. The molecule has 0 unspecified atom stereocenters. The second kappa shape index (κ2) is 10.1. The van der Waals surface area contributed by atoms with Crippen LogP contribution in [-0.2, 0) is 18.9 Å². The molecule has 1 heterocycles. The molecular formula is C21H18Cl2N4O4S. The fourth-order valence-electron chi connectivity index (χ4n) is 2.71. The van der Waals surface area contributed by atoms with Gasteiger partial charge in [-0.3, -0.25) is 18.7 Å². The molecule has 0 atom stereocenters. The Kier molecular flexibility index (Phi) is 7.44. The van der Waals surface area contributed by atoms with E-state index in [-0.39, 0.29) is 21.4 Å². The van der Waals surface area contributed by atoms with E-state index < -0.39 is 23.0 Å². The topological polar surface area (TPSA) is 106 Å². The molecule has 0 aliphatic rings. The molecule has 0 bridgehead atoms. The molecule has 0 saturated heterocycles. The minimum atomic E-state index is -0.728. The predicted molar refractivity (Wildman–Crippen MR) is 129 cm³/mol. The maximum atomic E-state index is 12.8. The molecule has 2 aromatic carbocycles. The Bertz CT molecular complexity index is 1320. The van der Waals surface area contributed by atoms with Gasteiger partial charge in [0.05, 0.1) is 22.2 Å². The number of aromatic nitrogens is 2. The second-order valence-electron chi connectivity index (χ2n) is 6.62. The normalized spacial score (nSPS) is 11.4. The van der Waals surface area contributed by atoms with Gasteiger partial charge in [-0.15, -0.1) is 0 Å². The van der Waals surface area contributed by atoms with Crippen molar-refractivity contribution in [1.82, 2.24) is 9.13 Å². The molecule has 32 heavy (non-hydrogen) atoms. The third-order valence-corrected chi connectivity index (χ3v) is 5.90. The Morgan fingerprint density at radius 2 is 1.78 bits per heavy atom. The number of thioether (sulfide) groups is 1. The van der Waals surface area contributed by atoms with Gasteiger partial charge >= 0.3 is 5.69 Å². The number of halogens is 2. The van der Waals surface area contributed by atoms with Gasteiger partial charge < -0.3 is 10.4 Å². The van der Waals surface area contributed by atoms with Gasteiger partial charge in [0.15, 0.2) is 0 Å². The largest absolute Gasteiger partial charge is 0.494 e. The van der Waals surface area contributed by atoms with E-state index in [4.69, 9.17) is 23.2 Å². The van der Waals surface area contributed by atoms with Crippen molar-refractivity contribution in [2.75, 3.05) is 11.1 Å². The first kappa shape index (κ1) is 23.6. The summed E-state index contributed by atoms with van der Waals surface area (Å²) in [5.41, 5.74) is -0.708. The Hall–Kier alpha value is -3.01. The van der Waals surface area contributed by atoms with Crippen LogP contribution in [-0.4, -0.2) is 30.9 Å². The lowest BCUT2D eigenvalue weighted by Gasteiger charge is -2.13. The van der Waals surface area contributed by atoms with E-state index in [0.717, 1.165) is 20.9 Å². The van der Waals surface area contributed by atoms with Crippen molar-refractivity contribution < 1.29 is 9.90 Å². The summed E-state index contributed by atoms with van der Waals surface area (Å²) in [4.78, 5) is 41.8. The molecule has 0 spiro atoms. The van der Waals surface area contributed by atoms with Crippen molar-refractivity contribution in [3.63, 3.8) is 0 Å². The molecular weight excluding hydrogens is 475 g/mol. The molecule has 3 aromatic rings. The van der Waals surface area contributed by atoms with Gasteiger partial charge in [-0.2, -0.15) is 0 Å². The van der Waals surface area contributed by atoms with Crippen molar-refractivity contribution in [3.8, 4) is 5.88 Å². The lowest BCUT2D eigenvalue weighted by atomic mass is 10.3. The predicted octanol–water partition coefficient (Wildman–Crippen LogP) is 3.55. The highest BCUT2D eigenvalue weighted by Gasteiger charge is 2.22. The number of hydrogen-bond acceptors (Lipinski definition) is 6. The van der Waals surface area contributed by atoms with Crippen LogP contribution in [0.2, 0.25) is 10.0 Å². The lowest BCUT2D eigenvalue weighted by Crippen LogP contribution is -2.39. The monoisotopic (exact) mass is 492 g/mol. The van der Waals surface area contributed by atoms with Gasteiger partial charge in [-0.05, 0) is 30.3 Å². The summed E-state index contributed by atoms with van der Waals surface area (Å²) in [6, 6.07) is 13.4. The van der Waals surface area contributed by atoms with E-state index in [9.17, 15) is 19.5 Å². The average molecular weight is 493 g/mol. The quantitative estimate of drug-likeness (QED) is 0.418. The fraction of sp³-hybridized carbons (Fsp3) is 0.143. The first-order valence-corrected chi connectivity index (χ1v) is 10.9. The smallest absolute Gasteiger partial charge is 0.333 e. The van der Waals surface area contributed by atoms with E-state index in [1.807, 2.05) is 0 Å². The number of carbonyl (C=O) groups excluding carboxylic acids is 1. The van der Waals surface area contributed by atoms with Crippen LogP contribution >= 0.6 is 35.0 Å². The number of aromatic hydroxyl groups is 1.